The summed E-state index contributed by atoms with van der Waals surface area (Å²) in [5, 5.41) is 0. The van der Waals surface area contributed by atoms with Gasteiger partial charge in [0.05, 0.1) is 0 Å². The van der Waals surface area contributed by atoms with Gasteiger partial charge in [-0.3, -0.25) is 0 Å². The van der Waals surface area contributed by atoms with Gasteiger partial charge in [-0.2, -0.15) is 0 Å². The largest absolute Gasteiger partial charge is 0.147 e. The van der Waals surface area contributed by atoms with Crippen LogP contribution in [0.1, 0.15) is 54.4 Å². The molecule has 20 heavy (non-hydrogen) atoms. The molecule has 0 amide bonds. The third-order valence-electron chi connectivity index (χ3n) is 3.89. The van der Waals surface area contributed by atoms with Crippen LogP contribution in [0, 0.1) is 0 Å². The van der Waals surface area contributed by atoms with E-state index in [2.05, 4.69) is 53.7 Å². The van der Waals surface area contributed by atoms with E-state index in [-0.39, 0.29) is 24.8 Å². The van der Waals surface area contributed by atoms with Crippen molar-refractivity contribution in [3.63, 3.8) is 0 Å². The predicted octanol–water partition coefficient (Wildman–Crippen LogP) is 5.91. The summed E-state index contributed by atoms with van der Waals surface area (Å²) in [4.78, 5) is 0. The van der Waals surface area contributed by atoms with Gasteiger partial charge < -0.3 is 0 Å². The molecule has 0 radical (unpaired) electrons. The minimum atomic E-state index is -1.70. The van der Waals surface area contributed by atoms with Crippen LogP contribution in [0.4, 0.5) is 0 Å². The number of allylic oxidation sites excluding steroid dienone is 8. The standard InChI is InChI=1S/2C7H9.C3H6.2ClH.Zr/c2*1-6-3-4-7(2)5-6;1-3-2;;;/h2*5H,3H2,1-2H3;1-2H3;2*1H;. The average molecular weight is 393 g/mol. The molecule has 2 aliphatic carbocycles. The van der Waals surface area contributed by atoms with E-state index in [0.29, 0.717) is 0 Å². The molecule has 0 saturated carbocycles. The molecule has 0 atom stereocenters. The van der Waals surface area contributed by atoms with Crippen molar-refractivity contribution < 1.29 is 21.3 Å². The third-order valence-corrected chi connectivity index (χ3v) is 12.1. The summed E-state index contributed by atoms with van der Waals surface area (Å²) in [5.41, 5.74) is 6.27. The normalized spacial score (nSPS) is 17.5. The summed E-state index contributed by atoms with van der Waals surface area (Å²) >= 11 is -1.70. The molecule has 0 nitrogen and oxygen atoms in total. The summed E-state index contributed by atoms with van der Waals surface area (Å²) in [6.07, 6.45) is 7.32. The first-order chi connectivity index (χ1) is 8.40. The first-order valence-corrected chi connectivity index (χ1v) is 10.5. The molecule has 0 spiro atoms. The van der Waals surface area contributed by atoms with Crippen LogP contribution in [0.3, 0.4) is 0 Å². The Morgan fingerprint density at radius 2 is 1.15 bits per heavy atom. The smallest absolute Gasteiger partial charge is 0.147 e. The first-order valence-electron chi connectivity index (χ1n) is 6.82. The fourth-order valence-corrected chi connectivity index (χ4v) is 11.6. The summed E-state index contributed by atoms with van der Waals surface area (Å²) in [7, 11) is 0. The van der Waals surface area contributed by atoms with Gasteiger partial charge in [0.2, 0.25) is 0 Å². The summed E-state index contributed by atoms with van der Waals surface area (Å²) in [6, 6.07) is 0. The molecule has 0 saturated heterocycles. The second kappa shape index (κ2) is 8.07. The topological polar surface area (TPSA) is 0 Å². The molecule has 112 valence electrons. The van der Waals surface area contributed by atoms with E-state index in [1.54, 1.807) is 25.5 Å². The van der Waals surface area contributed by atoms with E-state index in [1.165, 1.54) is 12.8 Å². The molecule has 0 bridgehead atoms. The van der Waals surface area contributed by atoms with Crippen molar-refractivity contribution in [1.29, 1.82) is 0 Å². The van der Waals surface area contributed by atoms with Crippen molar-refractivity contribution in [1.82, 2.24) is 0 Å². The molecule has 0 unspecified atom stereocenters. The molecule has 0 aromatic rings. The first kappa shape index (κ1) is 20.3. The Bertz CT molecular complexity index is 510. The SMILES string of the molecule is CC1=CC(C)=[C]([Zr]([C]2=C(C)C=C(C)C2)=[C](C)C)C1.Cl.Cl. The van der Waals surface area contributed by atoms with E-state index in [0.717, 1.165) is 0 Å². The van der Waals surface area contributed by atoms with E-state index >= 15 is 0 Å². The molecule has 0 aromatic heterocycles. The predicted molar refractivity (Wildman–Crippen MR) is 93.0 cm³/mol. The second-order valence-electron chi connectivity index (χ2n) is 6.03. The molecule has 2 aliphatic rings. The van der Waals surface area contributed by atoms with Gasteiger partial charge in [0.15, 0.2) is 0 Å². The van der Waals surface area contributed by atoms with Crippen molar-refractivity contribution in [3.8, 4) is 0 Å². The van der Waals surface area contributed by atoms with Crippen LogP contribution < -0.4 is 0 Å². The van der Waals surface area contributed by atoms with Crippen molar-refractivity contribution in [3.05, 3.63) is 41.0 Å². The Morgan fingerprint density at radius 3 is 1.35 bits per heavy atom. The maximum atomic E-state index is 2.41. The molecule has 0 aromatic carbocycles. The van der Waals surface area contributed by atoms with Gasteiger partial charge in [0.1, 0.15) is 0 Å². The molecular weight excluding hydrogens is 366 g/mol. The van der Waals surface area contributed by atoms with Crippen molar-refractivity contribution in [2.24, 2.45) is 0 Å². The van der Waals surface area contributed by atoms with Crippen molar-refractivity contribution in [2.75, 3.05) is 0 Å². The molecule has 0 fully saturated rings. The van der Waals surface area contributed by atoms with Crippen LogP contribution in [0.25, 0.3) is 0 Å². The molecule has 0 N–H and O–H groups in total. The van der Waals surface area contributed by atoms with E-state index in [9.17, 15) is 0 Å². The van der Waals surface area contributed by atoms with Gasteiger partial charge in [-0.25, -0.2) is 0 Å². The Hall–Kier alpha value is 0.293. The van der Waals surface area contributed by atoms with E-state index < -0.39 is 21.3 Å². The van der Waals surface area contributed by atoms with Gasteiger partial charge in [-0.05, 0) is 0 Å². The Kier molecular flexibility index (Phi) is 8.18. The molecule has 0 aliphatic heterocycles. The van der Waals surface area contributed by atoms with Gasteiger partial charge in [-0.1, -0.05) is 0 Å². The van der Waals surface area contributed by atoms with Gasteiger partial charge in [-0.15, -0.1) is 24.8 Å². The quantitative estimate of drug-likeness (QED) is 0.548. The third kappa shape index (κ3) is 4.15. The number of halogens is 2. The zero-order valence-electron chi connectivity index (χ0n) is 13.4. The molecule has 0 heterocycles. The van der Waals surface area contributed by atoms with Crippen molar-refractivity contribution in [2.45, 2.75) is 54.4 Å². The Labute approximate surface area is 144 Å². The number of rotatable bonds is 2. The second-order valence-corrected chi connectivity index (χ2v) is 13.3. The van der Waals surface area contributed by atoms with Crippen LogP contribution in [0.2, 0.25) is 0 Å². The summed E-state index contributed by atoms with van der Waals surface area (Å²) in [5.74, 6) is 0. The summed E-state index contributed by atoms with van der Waals surface area (Å²) < 4.78 is 5.38. The van der Waals surface area contributed by atoms with Crippen LogP contribution in [-0.2, 0) is 21.3 Å². The fraction of sp³-hybridized carbons (Fsp3) is 0.471. The fourth-order valence-electron chi connectivity index (χ4n) is 3.21. The maximum absolute atomic E-state index is 2.41. The molecular formula is C17H26Cl2Zr. The van der Waals surface area contributed by atoms with Crippen LogP contribution in [0.15, 0.2) is 41.0 Å². The minimum absolute atomic E-state index is 0. The molecule has 3 heteroatoms. The van der Waals surface area contributed by atoms with Crippen LogP contribution in [-0.4, -0.2) is 3.21 Å². The Balaban J connectivity index is 0.00000180. The van der Waals surface area contributed by atoms with Crippen LogP contribution >= 0.6 is 24.8 Å². The molecule has 2 rings (SSSR count). The van der Waals surface area contributed by atoms with Crippen LogP contribution in [0.5, 0.6) is 0 Å². The van der Waals surface area contributed by atoms with Gasteiger partial charge in [0, 0.05) is 0 Å². The maximum Gasteiger partial charge on any atom is -0.147 e. The van der Waals surface area contributed by atoms with Gasteiger partial charge >= 0.3 is 120 Å². The average Bonchev–Trinajstić information content (AvgIpc) is 2.71. The van der Waals surface area contributed by atoms with Crippen molar-refractivity contribution >= 4 is 28.0 Å². The van der Waals surface area contributed by atoms with Gasteiger partial charge in [0.25, 0.3) is 0 Å². The minimum Gasteiger partial charge on any atom is -0.147 e. The number of hydrogen-bond donors (Lipinski definition) is 0. The zero-order chi connectivity index (χ0) is 13.4. The summed E-state index contributed by atoms with van der Waals surface area (Å²) in [6.45, 7) is 13.9. The monoisotopic (exact) mass is 390 g/mol. The van der Waals surface area contributed by atoms with E-state index in [4.69, 9.17) is 0 Å². The zero-order valence-corrected chi connectivity index (χ0v) is 17.5. The van der Waals surface area contributed by atoms with E-state index in [1.807, 2.05) is 6.56 Å². The Morgan fingerprint density at radius 1 is 0.800 bits per heavy atom. The number of hydrogen-bond acceptors (Lipinski definition) is 0.